The van der Waals surface area contributed by atoms with Gasteiger partial charge in [-0.05, 0) is 23.8 Å². The minimum atomic E-state index is -4.56. The summed E-state index contributed by atoms with van der Waals surface area (Å²) >= 11 is 0. The van der Waals surface area contributed by atoms with Crippen LogP contribution in [0.15, 0.2) is 36.4 Å². The normalized spacial score (nSPS) is 18.7. The zero-order chi connectivity index (χ0) is 21.3. The summed E-state index contributed by atoms with van der Waals surface area (Å²) in [4.78, 5) is 14.2. The van der Waals surface area contributed by atoms with Crippen LogP contribution in [0.2, 0.25) is 0 Å². The smallest absolute Gasteiger partial charge is 0.416 e. The Bertz CT molecular complexity index is 942. The van der Waals surface area contributed by atoms with Crippen LogP contribution in [-0.2, 0) is 28.7 Å². The number of benzene rings is 2. The van der Waals surface area contributed by atoms with Crippen LogP contribution in [-0.4, -0.2) is 38.3 Å². The molecule has 0 unspecified atom stereocenters. The molecule has 1 atom stereocenters. The van der Waals surface area contributed by atoms with Crippen molar-refractivity contribution in [1.82, 2.24) is 5.32 Å². The maximum absolute atomic E-state index is 13.8. The lowest BCUT2D eigenvalue weighted by molar-refractivity contribution is -0.138. The Labute approximate surface area is 170 Å². The minimum Gasteiger partial charge on any atom is -0.477 e. The second-order valence-electron chi connectivity index (χ2n) is 7.20. The first-order valence-electron chi connectivity index (χ1n) is 9.57. The standard InChI is InChI=1S/C21H20F4N2O3/c22-17-3-1-2-13-10-18(30-19(13)17)20(28)26-12-14-4-5-15(11-16(14)21(23,24)25)27-6-8-29-9-7-27/h1-5,11,18H,6-10,12H2,(H,26,28)/t18-/m1/s1. The summed E-state index contributed by atoms with van der Waals surface area (Å²) < 4.78 is 65.2. The number of morpholine rings is 1. The van der Waals surface area contributed by atoms with E-state index in [2.05, 4.69) is 5.32 Å². The summed E-state index contributed by atoms with van der Waals surface area (Å²) in [5.74, 6) is -1.14. The van der Waals surface area contributed by atoms with E-state index in [1.54, 1.807) is 12.1 Å². The fraction of sp³-hybridized carbons (Fsp3) is 0.381. The molecule has 4 rings (SSSR count). The van der Waals surface area contributed by atoms with Crippen molar-refractivity contribution in [2.75, 3.05) is 31.2 Å². The summed E-state index contributed by atoms with van der Waals surface area (Å²) in [5, 5.41) is 2.49. The number of amides is 1. The third-order valence-corrected chi connectivity index (χ3v) is 5.23. The lowest BCUT2D eigenvalue weighted by atomic mass is 10.0. The Morgan fingerprint density at radius 1 is 1.17 bits per heavy atom. The third-order valence-electron chi connectivity index (χ3n) is 5.23. The van der Waals surface area contributed by atoms with Crippen molar-refractivity contribution >= 4 is 11.6 Å². The van der Waals surface area contributed by atoms with E-state index in [0.717, 1.165) is 6.07 Å². The Morgan fingerprint density at radius 3 is 2.63 bits per heavy atom. The number of halogens is 4. The molecular weight excluding hydrogens is 404 g/mol. The number of hydrogen-bond acceptors (Lipinski definition) is 4. The highest BCUT2D eigenvalue weighted by molar-refractivity contribution is 5.82. The summed E-state index contributed by atoms with van der Waals surface area (Å²) in [6.07, 6.45) is -5.37. The van der Waals surface area contributed by atoms with Crippen molar-refractivity contribution in [1.29, 1.82) is 0 Å². The van der Waals surface area contributed by atoms with Gasteiger partial charge in [-0.15, -0.1) is 0 Å². The predicted molar refractivity (Wildman–Crippen MR) is 101 cm³/mol. The molecule has 0 bridgehead atoms. The molecule has 5 nitrogen and oxygen atoms in total. The molecule has 0 aliphatic carbocycles. The molecular formula is C21H20F4N2O3. The lowest BCUT2D eigenvalue weighted by Gasteiger charge is -2.29. The quantitative estimate of drug-likeness (QED) is 0.766. The van der Waals surface area contributed by atoms with Gasteiger partial charge in [0.25, 0.3) is 5.91 Å². The second kappa shape index (κ2) is 8.14. The highest BCUT2D eigenvalue weighted by Gasteiger charge is 2.35. The number of ether oxygens (including phenoxy) is 2. The molecule has 2 aliphatic heterocycles. The van der Waals surface area contributed by atoms with Gasteiger partial charge < -0.3 is 19.7 Å². The average Bonchev–Trinajstić information content (AvgIpc) is 3.18. The summed E-state index contributed by atoms with van der Waals surface area (Å²) in [6, 6.07) is 8.48. The molecule has 1 amide bonds. The number of para-hydroxylation sites is 1. The largest absolute Gasteiger partial charge is 0.477 e. The van der Waals surface area contributed by atoms with Gasteiger partial charge in [-0.2, -0.15) is 13.2 Å². The number of hydrogen-bond donors (Lipinski definition) is 1. The Hall–Kier alpha value is -2.81. The maximum Gasteiger partial charge on any atom is 0.416 e. The van der Waals surface area contributed by atoms with Crippen LogP contribution in [0.5, 0.6) is 5.75 Å². The van der Waals surface area contributed by atoms with E-state index < -0.39 is 29.6 Å². The highest BCUT2D eigenvalue weighted by atomic mass is 19.4. The van der Waals surface area contributed by atoms with Gasteiger partial charge in [0.2, 0.25) is 0 Å². The number of nitrogens with one attached hydrogen (secondary N) is 1. The number of carbonyl (C=O) groups excluding carboxylic acids is 1. The number of fused-ring (bicyclic) bond motifs is 1. The molecule has 2 aromatic rings. The molecule has 1 fully saturated rings. The van der Waals surface area contributed by atoms with Crippen molar-refractivity contribution in [2.24, 2.45) is 0 Å². The summed E-state index contributed by atoms with van der Waals surface area (Å²) in [6.45, 7) is 1.65. The van der Waals surface area contributed by atoms with Crippen molar-refractivity contribution in [3.63, 3.8) is 0 Å². The molecule has 0 saturated carbocycles. The summed E-state index contributed by atoms with van der Waals surface area (Å²) in [5.41, 5.74) is 0.176. The van der Waals surface area contributed by atoms with Gasteiger partial charge in [0.15, 0.2) is 17.7 Å². The molecule has 0 spiro atoms. The Morgan fingerprint density at radius 2 is 1.93 bits per heavy atom. The van der Waals surface area contributed by atoms with Crippen molar-refractivity contribution in [3.05, 3.63) is 58.9 Å². The number of anilines is 1. The van der Waals surface area contributed by atoms with Gasteiger partial charge in [0.1, 0.15) is 0 Å². The first kappa shape index (κ1) is 20.5. The van der Waals surface area contributed by atoms with Crippen LogP contribution in [0.25, 0.3) is 0 Å². The zero-order valence-corrected chi connectivity index (χ0v) is 16.0. The minimum absolute atomic E-state index is 0.0171. The first-order chi connectivity index (χ1) is 14.3. The van der Waals surface area contributed by atoms with Crippen LogP contribution >= 0.6 is 0 Å². The zero-order valence-electron chi connectivity index (χ0n) is 16.0. The predicted octanol–water partition coefficient (Wildman–Crippen LogP) is 3.30. The van der Waals surface area contributed by atoms with Crippen LogP contribution in [0.1, 0.15) is 16.7 Å². The van der Waals surface area contributed by atoms with Crippen LogP contribution in [0, 0.1) is 5.82 Å². The van der Waals surface area contributed by atoms with Gasteiger partial charge in [-0.25, -0.2) is 4.39 Å². The average molecular weight is 424 g/mol. The summed E-state index contributed by atoms with van der Waals surface area (Å²) in [7, 11) is 0. The molecule has 1 saturated heterocycles. The van der Waals surface area contributed by atoms with E-state index in [0.29, 0.717) is 37.6 Å². The molecule has 0 radical (unpaired) electrons. The van der Waals surface area contributed by atoms with Gasteiger partial charge in [-0.3, -0.25) is 4.79 Å². The van der Waals surface area contributed by atoms with E-state index in [1.165, 1.54) is 18.2 Å². The van der Waals surface area contributed by atoms with E-state index >= 15 is 0 Å². The van der Waals surface area contributed by atoms with Crippen LogP contribution in [0.4, 0.5) is 23.2 Å². The molecule has 2 heterocycles. The number of alkyl halides is 3. The fourth-order valence-electron chi connectivity index (χ4n) is 3.67. The van der Waals surface area contributed by atoms with E-state index in [4.69, 9.17) is 9.47 Å². The van der Waals surface area contributed by atoms with Gasteiger partial charge in [0.05, 0.1) is 18.8 Å². The van der Waals surface area contributed by atoms with Crippen molar-refractivity contribution < 1.29 is 31.8 Å². The molecule has 9 heteroatoms. The monoisotopic (exact) mass is 424 g/mol. The van der Waals surface area contributed by atoms with Crippen molar-refractivity contribution in [3.8, 4) is 5.75 Å². The molecule has 2 aromatic carbocycles. The SMILES string of the molecule is O=C(NCc1ccc(N2CCOCC2)cc1C(F)(F)F)[C@H]1Cc2cccc(F)c2O1. The number of rotatable bonds is 4. The number of carbonyl (C=O) groups is 1. The van der Waals surface area contributed by atoms with Gasteiger partial charge in [0, 0.05) is 37.3 Å². The Balaban J connectivity index is 1.46. The molecule has 0 aromatic heterocycles. The number of nitrogens with zero attached hydrogens (tertiary/aromatic N) is 1. The van der Waals surface area contributed by atoms with Crippen LogP contribution in [0.3, 0.4) is 0 Å². The van der Waals surface area contributed by atoms with E-state index in [1.807, 2.05) is 4.90 Å². The van der Waals surface area contributed by atoms with E-state index in [-0.39, 0.29) is 24.3 Å². The van der Waals surface area contributed by atoms with Crippen molar-refractivity contribution in [2.45, 2.75) is 25.2 Å². The fourth-order valence-corrected chi connectivity index (χ4v) is 3.67. The molecule has 2 aliphatic rings. The second-order valence-corrected chi connectivity index (χ2v) is 7.20. The lowest BCUT2D eigenvalue weighted by Crippen LogP contribution is -2.38. The van der Waals surface area contributed by atoms with Crippen LogP contribution < -0.4 is 15.0 Å². The molecule has 30 heavy (non-hydrogen) atoms. The first-order valence-corrected chi connectivity index (χ1v) is 9.57. The third kappa shape index (κ3) is 4.21. The Kier molecular flexibility index (Phi) is 5.55. The topological polar surface area (TPSA) is 50.8 Å². The highest BCUT2D eigenvalue weighted by Crippen LogP contribution is 2.35. The molecule has 1 N–H and O–H groups in total. The maximum atomic E-state index is 13.8. The van der Waals surface area contributed by atoms with Gasteiger partial charge in [-0.1, -0.05) is 18.2 Å². The van der Waals surface area contributed by atoms with E-state index in [9.17, 15) is 22.4 Å². The molecule has 160 valence electrons. The van der Waals surface area contributed by atoms with Gasteiger partial charge >= 0.3 is 6.18 Å².